The van der Waals surface area contributed by atoms with Gasteiger partial charge in [-0.15, -0.1) is 0 Å². The number of benzene rings is 5. The Morgan fingerprint density at radius 1 is 0.406 bits per heavy atom. The molecule has 6 aliphatic rings. The van der Waals surface area contributed by atoms with E-state index in [1.165, 1.54) is 0 Å². The molecule has 0 bridgehead atoms. The Balaban J connectivity index is 0.000000953. The predicted octanol–water partition coefficient (Wildman–Crippen LogP) is 4.03. The lowest BCUT2D eigenvalue weighted by molar-refractivity contribution is 1.04. The first-order valence-corrected chi connectivity index (χ1v) is 11.2. The summed E-state index contributed by atoms with van der Waals surface area (Å²) in [5.74, 6) is 0. The first-order valence-electron chi connectivity index (χ1n) is 11.2. The normalized spacial score (nSPS) is 13.6. The van der Waals surface area contributed by atoms with E-state index >= 15 is 0 Å². The molecule has 0 aromatic heterocycles. The number of fused-ring (bicyclic) bond motifs is 2. The minimum Gasteiger partial charge on any atom is -0.289 e. The topological polar surface area (TPSA) is 68.3 Å². The molecule has 32 heavy (non-hydrogen) atoms. The Morgan fingerprint density at radius 3 is 1.09 bits per heavy atom. The number of hydrogen-bond acceptors (Lipinski definition) is 4. The number of rotatable bonds is 0. The maximum atomic E-state index is 13.5. The Labute approximate surface area is 183 Å². The molecule has 0 unspecified atom stereocenters. The van der Waals surface area contributed by atoms with Crippen molar-refractivity contribution < 1.29 is 0 Å². The molecule has 0 fully saturated rings. The molecule has 4 nitrogen and oxygen atoms in total. The van der Waals surface area contributed by atoms with Gasteiger partial charge in [0.2, 0.25) is 0 Å². The predicted molar refractivity (Wildman–Crippen MR) is 129 cm³/mol. The van der Waals surface area contributed by atoms with Crippen LogP contribution in [0.2, 0.25) is 0 Å². The highest BCUT2D eigenvalue weighted by Crippen LogP contribution is 2.53. The summed E-state index contributed by atoms with van der Waals surface area (Å²) >= 11 is 0. The van der Waals surface area contributed by atoms with E-state index in [0.717, 1.165) is 33.4 Å². The second kappa shape index (κ2) is 5.69. The van der Waals surface area contributed by atoms with Crippen LogP contribution in [0.1, 0.15) is 58.4 Å². The molecule has 6 aliphatic carbocycles. The van der Waals surface area contributed by atoms with Crippen LogP contribution in [0.4, 0.5) is 0 Å². The fourth-order valence-corrected chi connectivity index (χ4v) is 6.27. The van der Waals surface area contributed by atoms with E-state index in [0.29, 0.717) is 67.8 Å². The first kappa shape index (κ1) is 19.3. The second-order valence-electron chi connectivity index (χ2n) is 9.08. The van der Waals surface area contributed by atoms with Gasteiger partial charge in [0.1, 0.15) is 0 Å². The van der Waals surface area contributed by atoms with Gasteiger partial charge in [-0.1, -0.05) is 13.8 Å². The highest BCUT2D eigenvalue weighted by Gasteiger charge is 2.40. The maximum absolute atomic E-state index is 13.5. The SMILES string of the molecule is CC.Cc1c2c3c(c(=O)c(C)c4c-3c(c1=O)c1c3c4c(C)c(=O)c4c-3c(c(C)c1=O)C4)C2. The average Bonchev–Trinajstić information content (AvgIpc) is 2.73. The molecule has 0 atom stereocenters. The molecule has 0 N–H and O–H groups in total. The lowest BCUT2D eigenvalue weighted by Crippen LogP contribution is -2.32. The largest absolute Gasteiger partial charge is 0.289 e. The smallest absolute Gasteiger partial charge is 0.190 e. The van der Waals surface area contributed by atoms with E-state index in [-0.39, 0.29) is 21.7 Å². The summed E-state index contributed by atoms with van der Waals surface area (Å²) in [6.45, 7) is 11.2. The van der Waals surface area contributed by atoms with Gasteiger partial charge >= 0.3 is 0 Å². The summed E-state index contributed by atoms with van der Waals surface area (Å²) in [5.41, 5.74) is 8.54. The third kappa shape index (κ3) is 1.72. The molecule has 4 heteroatoms. The lowest BCUT2D eigenvalue weighted by atomic mass is 9.66. The highest BCUT2D eigenvalue weighted by molar-refractivity contribution is 6.26. The van der Waals surface area contributed by atoms with Crippen molar-refractivity contribution in [3.8, 4) is 22.3 Å². The molecule has 0 heterocycles. The maximum Gasteiger partial charge on any atom is 0.190 e. The fraction of sp³-hybridized carbons (Fsp3) is 0.286. The molecule has 1 aromatic rings. The van der Waals surface area contributed by atoms with Gasteiger partial charge in [0.05, 0.1) is 0 Å². The second-order valence-corrected chi connectivity index (χ2v) is 9.08. The molecular formula is C28H22O4. The zero-order valence-corrected chi connectivity index (χ0v) is 19.0. The van der Waals surface area contributed by atoms with Gasteiger partial charge in [0.25, 0.3) is 0 Å². The third-order valence-corrected chi connectivity index (χ3v) is 7.93. The molecule has 158 valence electrons. The molecule has 0 radical (unpaired) electrons. The molecular weight excluding hydrogens is 400 g/mol. The van der Waals surface area contributed by atoms with Gasteiger partial charge in [0.15, 0.2) is 21.7 Å². The van der Waals surface area contributed by atoms with Crippen molar-refractivity contribution in [1.29, 1.82) is 0 Å². The standard InChI is InChI=1S/C26H16O4.C2H6/c1-7-11-5-13-17(11)19-15(9(3)23(13)27)16-10(4)24(28)14-6-12-8(2)26(30)22(20(16)18(12)14)21(19)25(7)29;1-2/h5-6H2,1-4H3;1-2H3. The van der Waals surface area contributed by atoms with Gasteiger partial charge in [0, 0.05) is 68.1 Å². The van der Waals surface area contributed by atoms with Crippen LogP contribution in [0.5, 0.6) is 0 Å². The summed E-state index contributed by atoms with van der Waals surface area (Å²) < 4.78 is 0. The number of aryl methyl sites for hydroxylation is 2. The van der Waals surface area contributed by atoms with Gasteiger partial charge in [-0.3, -0.25) is 19.2 Å². The number of hydrogen-bond donors (Lipinski definition) is 0. The quantitative estimate of drug-likeness (QED) is 0.273. The summed E-state index contributed by atoms with van der Waals surface area (Å²) in [7, 11) is 0. The van der Waals surface area contributed by atoms with Crippen LogP contribution in [0, 0.1) is 27.7 Å². The molecule has 0 amide bonds. The molecule has 0 spiro atoms. The van der Waals surface area contributed by atoms with Crippen molar-refractivity contribution in [2.24, 2.45) is 0 Å². The van der Waals surface area contributed by atoms with E-state index in [2.05, 4.69) is 0 Å². The van der Waals surface area contributed by atoms with Crippen LogP contribution in [0.15, 0.2) is 19.2 Å². The van der Waals surface area contributed by atoms with Crippen LogP contribution in [0.3, 0.4) is 0 Å². The van der Waals surface area contributed by atoms with E-state index in [1.54, 1.807) is 27.7 Å². The summed E-state index contributed by atoms with van der Waals surface area (Å²) in [6, 6.07) is 0. The van der Waals surface area contributed by atoms with E-state index in [9.17, 15) is 19.2 Å². The Hall–Kier alpha value is -3.40. The Bertz CT molecular complexity index is 1710. The summed E-state index contributed by atoms with van der Waals surface area (Å²) in [4.78, 5) is 53.4. The van der Waals surface area contributed by atoms with Crippen molar-refractivity contribution in [3.63, 3.8) is 0 Å². The molecule has 1 aromatic carbocycles. The van der Waals surface area contributed by atoms with Crippen molar-refractivity contribution in [3.05, 3.63) is 85.4 Å². The van der Waals surface area contributed by atoms with Crippen molar-refractivity contribution >= 4 is 21.5 Å². The van der Waals surface area contributed by atoms with Gasteiger partial charge < -0.3 is 0 Å². The monoisotopic (exact) mass is 422 g/mol. The van der Waals surface area contributed by atoms with Crippen molar-refractivity contribution in [1.82, 2.24) is 0 Å². The van der Waals surface area contributed by atoms with Crippen LogP contribution >= 0.6 is 0 Å². The third-order valence-electron chi connectivity index (χ3n) is 7.93. The minimum atomic E-state index is -0.121. The first-order chi connectivity index (χ1) is 15.3. The lowest BCUT2D eigenvalue weighted by Gasteiger charge is -2.34. The molecule has 7 rings (SSSR count). The molecule has 0 aliphatic heterocycles. The van der Waals surface area contributed by atoms with Gasteiger partial charge in [-0.2, -0.15) is 0 Å². The van der Waals surface area contributed by atoms with Crippen LogP contribution in [-0.2, 0) is 12.8 Å². The average molecular weight is 422 g/mol. The van der Waals surface area contributed by atoms with E-state index in [4.69, 9.17) is 0 Å². The van der Waals surface area contributed by atoms with Crippen molar-refractivity contribution in [2.45, 2.75) is 54.4 Å². The Kier molecular flexibility index (Phi) is 3.43. The highest BCUT2D eigenvalue weighted by atomic mass is 16.1. The van der Waals surface area contributed by atoms with Gasteiger partial charge in [-0.25, -0.2) is 0 Å². The van der Waals surface area contributed by atoms with E-state index in [1.807, 2.05) is 13.8 Å². The minimum absolute atomic E-state index is 0.00624. The zero-order valence-electron chi connectivity index (χ0n) is 19.0. The van der Waals surface area contributed by atoms with Crippen LogP contribution in [-0.4, -0.2) is 0 Å². The molecule has 0 saturated carbocycles. The van der Waals surface area contributed by atoms with Crippen molar-refractivity contribution in [2.75, 3.05) is 0 Å². The molecule has 0 saturated heterocycles. The van der Waals surface area contributed by atoms with Gasteiger partial charge in [-0.05, 0) is 60.7 Å². The van der Waals surface area contributed by atoms with E-state index < -0.39 is 0 Å². The van der Waals surface area contributed by atoms with Crippen LogP contribution < -0.4 is 21.7 Å². The summed E-state index contributed by atoms with van der Waals surface area (Å²) in [6.07, 6.45) is 1.00. The summed E-state index contributed by atoms with van der Waals surface area (Å²) in [5, 5.41) is 2.27. The Morgan fingerprint density at radius 2 is 0.750 bits per heavy atom. The fourth-order valence-electron chi connectivity index (χ4n) is 6.27. The zero-order chi connectivity index (χ0) is 23.0. The van der Waals surface area contributed by atoms with Crippen LogP contribution in [0.25, 0.3) is 43.8 Å².